The summed E-state index contributed by atoms with van der Waals surface area (Å²) < 4.78 is 0. The number of hydrogen-bond acceptors (Lipinski definition) is 2. The molecular weight excluding hydrogens is 330 g/mol. The fourth-order valence-corrected chi connectivity index (χ4v) is 4.11. The van der Waals surface area contributed by atoms with Crippen molar-refractivity contribution in [1.29, 1.82) is 0 Å². The quantitative estimate of drug-likeness (QED) is 0.652. The number of allylic oxidation sites excluding steroid dienone is 1. The van der Waals surface area contributed by atoms with E-state index in [4.69, 9.17) is 0 Å². The van der Waals surface area contributed by atoms with E-state index in [0.717, 1.165) is 24.0 Å². The van der Waals surface area contributed by atoms with Crippen LogP contribution in [-0.4, -0.2) is 23.6 Å². The van der Waals surface area contributed by atoms with Gasteiger partial charge in [0, 0.05) is 17.4 Å². The minimum Gasteiger partial charge on any atom is -0.355 e. The minimum atomic E-state index is -0.304. The molecule has 1 amide bonds. The van der Waals surface area contributed by atoms with Gasteiger partial charge < -0.3 is 5.32 Å². The maximum absolute atomic E-state index is 12.6. The van der Waals surface area contributed by atoms with Gasteiger partial charge in [0.25, 0.3) is 5.91 Å². The molecule has 0 saturated heterocycles. The molecule has 3 nitrogen and oxygen atoms in total. The lowest BCUT2D eigenvalue weighted by molar-refractivity contribution is -0.116. The fourth-order valence-electron chi connectivity index (χ4n) is 2.88. The molecule has 1 atom stereocenters. The SMILES string of the molecule is CCC(CC)C(Br)C1=C(C(=O)NC)C(=O)c2ccccc21. The Labute approximate surface area is 133 Å². The van der Waals surface area contributed by atoms with Crippen LogP contribution in [-0.2, 0) is 4.79 Å². The molecule has 1 unspecified atom stereocenters. The van der Waals surface area contributed by atoms with Crippen LogP contribution in [0.2, 0.25) is 0 Å². The van der Waals surface area contributed by atoms with Crippen molar-refractivity contribution in [2.75, 3.05) is 7.05 Å². The van der Waals surface area contributed by atoms with Crippen molar-refractivity contribution in [3.63, 3.8) is 0 Å². The van der Waals surface area contributed by atoms with Crippen molar-refractivity contribution in [3.05, 3.63) is 41.0 Å². The smallest absolute Gasteiger partial charge is 0.255 e. The van der Waals surface area contributed by atoms with Crippen LogP contribution >= 0.6 is 15.9 Å². The molecule has 1 aliphatic carbocycles. The van der Waals surface area contributed by atoms with Crippen molar-refractivity contribution < 1.29 is 9.59 Å². The molecule has 0 heterocycles. The first-order valence-electron chi connectivity index (χ1n) is 7.31. The normalized spacial score (nSPS) is 15.4. The summed E-state index contributed by atoms with van der Waals surface area (Å²) in [6.07, 6.45) is 1.99. The highest BCUT2D eigenvalue weighted by Gasteiger charge is 2.37. The third kappa shape index (κ3) is 2.69. The summed E-state index contributed by atoms with van der Waals surface area (Å²) in [5, 5.41) is 2.59. The van der Waals surface area contributed by atoms with Gasteiger partial charge in [-0.05, 0) is 17.1 Å². The lowest BCUT2D eigenvalue weighted by Crippen LogP contribution is -2.26. The molecule has 0 aromatic heterocycles. The predicted molar refractivity (Wildman–Crippen MR) is 88.5 cm³/mol. The molecule has 1 aromatic carbocycles. The van der Waals surface area contributed by atoms with Gasteiger partial charge in [0.05, 0.1) is 5.57 Å². The third-order valence-corrected chi connectivity index (χ3v) is 5.36. The molecule has 1 aromatic rings. The van der Waals surface area contributed by atoms with Gasteiger partial charge in [0.2, 0.25) is 0 Å². The summed E-state index contributed by atoms with van der Waals surface area (Å²) in [5.74, 6) is -0.0874. The molecule has 1 aliphatic rings. The number of nitrogens with one attached hydrogen (secondary N) is 1. The van der Waals surface area contributed by atoms with E-state index in [0.29, 0.717) is 11.5 Å². The Bertz CT molecular complexity index is 603. The van der Waals surface area contributed by atoms with E-state index in [-0.39, 0.29) is 22.1 Å². The molecule has 0 fully saturated rings. The molecule has 1 N–H and O–H groups in total. The standard InChI is InChI=1S/C17H20BrNO2/c1-4-10(5-2)15(18)13-11-8-6-7-9-12(11)16(20)14(13)17(21)19-3/h6-10,15H,4-5H2,1-3H3,(H,19,21). The first-order valence-corrected chi connectivity index (χ1v) is 8.22. The minimum absolute atomic E-state index is 0.00685. The van der Waals surface area contributed by atoms with E-state index in [9.17, 15) is 9.59 Å². The number of alkyl halides is 1. The number of Topliss-reactive ketones (excluding diaryl/α,β-unsaturated/α-hetero) is 1. The van der Waals surface area contributed by atoms with Crippen LogP contribution in [0.15, 0.2) is 29.8 Å². The van der Waals surface area contributed by atoms with Gasteiger partial charge in [0.15, 0.2) is 5.78 Å². The van der Waals surface area contributed by atoms with Crippen LogP contribution in [0.5, 0.6) is 0 Å². The molecule has 0 spiro atoms. The second kappa shape index (κ2) is 6.56. The topological polar surface area (TPSA) is 46.2 Å². The Hall–Kier alpha value is -1.42. The molecule has 4 heteroatoms. The average Bonchev–Trinajstić information content (AvgIpc) is 2.81. The monoisotopic (exact) mass is 349 g/mol. The Morgan fingerprint density at radius 2 is 1.76 bits per heavy atom. The maximum Gasteiger partial charge on any atom is 0.255 e. The van der Waals surface area contributed by atoms with Gasteiger partial charge in [-0.2, -0.15) is 0 Å². The summed E-state index contributed by atoms with van der Waals surface area (Å²) in [5.41, 5.74) is 2.63. The largest absolute Gasteiger partial charge is 0.355 e. The lowest BCUT2D eigenvalue weighted by Gasteiger charge is -2.22. The van der Waals surface area contributed by atoms with Crippen LogP contribution in [0.3, 0.4) is 0 Å². The summed E-state index contributed by atoms with van der Waals surface area (Å²) in [4.78, 5) is 24.8. The average molecular weight is 350 g/mol. The van der Waals surface area contributed by atoms with Crippen LogP contribution in [0, 0.1) is 5.92 Å². The van der Waals surface area contributed by atoms with E-state index >= 15 is 0 Å². The molecule has 0 radical (unpaired) electrons. The fraction of sp³-hybridized carbons (Fsp3) is 0.412. The molecule has 2 rings (SSSR count). The molecule has 0 saturated carbocycles. The third-order valence-electron chi connectivity index (χ3n) is 4.15. The maximum atomic E-state index is 12.6. The van der Waals surface area contributed by atoms with Crippen molar-refractivity contribution >= 4 is 33.2 Å². The van der Waals surface area contributed by atoms with Crippen molar-refractivity contribution in [2.24, 2.45) is 5.92 Å². The van der Waals surface area contributed by atoms with Crippen LogP contribution in [0.25, 0.3) is 5.57 Å². The number of ketones is 1. The summed E-state index contributed by atoms with van der Waals surface area (Å²) in [6, 6.07) is 7.46. The summed E-state index contributed by atoms with van der Waals surface area (Å²) in [6.45, 7) is 4.26. The van der Waals surface area contributed by atoms with E-state index in [2.05, 4.69) is 35.1 Å². The highest BCUT2D eigenvalue weighted by atomic mass is 79.9. The van der Waals surface area contributed by atoms with E-state index < -0.39 is 0 Å². The first-order chi connectivity index (χ1) is 10.1. The Balaban J connectivity index is 2.61. The van der Waals surface area contributed by atoms with Gasteiger partial charge in [-0.1, -0.05) is 66.9 Å². The van der Waals surface area contributed by atoms with E-state index in [1.54, 1.807) is 13.1 Å². The lowest BCUT2D eigenvalue weighted by atomic mass is 9.90. The Morgan fingerprint density at radius 1 is 1.19 bits per heavy atom. The van der Waals surface area contributed by atoms with E-state index in [1.807, 2.05) is 18.2 Å². The van der Waals surface area contributed by atoms with Gasteiger partial charge in [-0.25, -0.2) is 0 Å². The highest BCUT2D eigenvalue weighted by molar-refractivity contribution is 9.09. The summed E-state index contributed by atoms with van der Waals surface area (Å²) >= 11 is 3.74. The zero-order chi connectivity index (χ0) is 15.6. The number of benzene rings is 1. The number of rotatable bonds is 5. The number of hydrogen-bond donors (Lipinski definition) is 1. The Morgan fingerprint density at radius 3 is 2.29 bits per heavy atom. The number of amides is 1. The van der Waals surface area contributed by atoms with Crippen LogP contribution in [0.4, 0.5) is 0 Å². The zero-order valence-electron chi connectivity index (χ0n) is 12.6. The number of fused-ring (bicyclic) bond motifs is 1. The number of carbonyl (C=O) groups excluding carboxylic acids is 2. The van der Waals surface area contributed by atoms with Gasteiger partial charge in [-0.15, -0.1) is 0 Å². The number of likely N-dealkylation sites (N-methyl/N-ethyl adjacent to an activating group) is 1. The zero-order valence-corrected chi connectivity index (χ0v) is 14.2. The van der Waals surface area contributed by atoms with Crippen LogP contribution in [0.1, 0.15) is 42.6 Å². The first kappa shape index (κ1) is 16.0. The predicted octanol–water partition coefficient (Wildman–Crippen LogP) is 3.58. The van der Waals surface area contributed by atoms with Crippen molar-refractivity contribution in [1.82, 2.24) is 5.32 Å². The number of carbonyl (C=O) groups is 2. The molecule has 112 valence electrons. The molecule has 0 bridgehead atoms. The second-order valence-electron chi connectivity index (χ2n) is 5.22. The molecule has 0 aliphatic heterocycles. The summed E-state index contributed by atoms with van der Waals surface area (Å²) in [7, 11) is 1.56. The second-order valence-corrected chi connectivity index (χ2v) is 6.21. The molecule has 21 heavy (non-hydrogen) atoms. The van der Waals surface area contributed by atoms with Crippen molar-refractivity contribution in [2.45, 2.75) is 31.5 Å². The van der Waals surface area contributed by atoms with Gasteiger partial charge in [-0.3, -0.25) is 9.59 Å². The van der Waals surface area contributed by atoms with Gasteiger partial charge in [0.1, 0.15) is 0 Å². The Kier molecular flexibility index (Phi) is 4.99. The number of halogens is 1. The van der Waals surface area contributed by atoms with Crippen molar-refractivity contribution in [3.8, 4) is 0 Å². The molecular formula is C17H20BrNO2. The highest BCUT2D eigenvalue weighted by Crippen LogP contribution is 2.41. The van der Waals surface area contributed by atoms with Gasteiger partial charge >= 0.3 is 0 Å². The van der Waals surface area contributed by atoms with Crippen LogP contribution < -0.4 is 5.32 Å². The van der Waals surface area contributed by atoms with E-state index in [1.165, 1.54) is 0 Å².